The number of aromatic carboxylic acids is 1. The van der Waals surface area contributed by atoms with Gasteiger partial charge in [0.05, 0.1) is 5.56 Å². The Morgan fingerprint density at radius 2 is 1.71 bits per heavy atom. The molecule has 3 N–H and O–H groups in total. The highest BCUT2D eigenvalue weighted by Gasteiger charge is 2.26. The summed E-state index contributed by atoms with van der Waals surface area (Å²) < 4.78 is 1.73. The zero-order valence-electron chi connectivity index (χ0n) is 12.1. The first-order chi connectivity index (χ1) is 11.5. The minimum absolute atomic E-state index is 0.0261. The van der Waals surface area contributed by atoms with Gasteiger partial charge in [0.2, 0.25) is 0 Å². The van der Waals surface area contributed by atoms with E-state index in [9.17, 15) is 14.4 Å². The Balaban J connectivity index is 1.97. The van der Waals surface area contributed by atoms with E-state index < -0.39 is 17.8 Å². The van der Waals surface area contributed by atoms with Crippen molar-refractivity contribution >= 4 is 41.2 Å². The molecule has 0 atom stereocenters. The summed E-state index contributed by atoms with van der Waals surface area (Å²) in [5.74, 6) is -2.15. The molecule has 0 bridgehead atoms. The van der Waals surface area contributed by atoms with Crippen molar-refractivity contribution < 1.29 is 19.5 Å². The molecule has 0 spiro atoms. The summed E-state index contributed by atoms with van der Waals surface area (Å²) in [7, 11) is 0. The monoisotopic (exact) mass is 341 g/mol. The van der Waals surface area contributed by atoms with Crippen molar-refractivity contribution in [1.82, 2.24) is 15.2 Å². The SMILES string of the molecule is O=C1NC(=S)NC(=O)C1=Cc1cccn1-c1ccc(C(=O)O)cc1. The third kappa shape index (κ3) is 2.95. The van der Waals surface area contributed by atoms with Crippen LogP contribution in [0.4, 0.5) is 0 Å². The maximum absolute atomic E-state index is 11.9. The first kappa shape index (κ1) is 15.6. The number of rotatable bonds is 3. The van der Waals surface area contributed by atoms with Gasteiger partial charge in [0, 0.05) is 17.6 Å². The van der Waals surface area contributed by atoms with Crippen molar-refractivity contribution in [2.24, 2.45) is 0 Å². The van der Waals surface area contributed by atoms with Crippen LogP contribution in [0.25, 0.3) is 11.8 Å². The average molecular weight is 341 g/mol. The quantitative estimate of drug-likeness (QED) is 0.441. The number of thiocarbonyl (C=S) groups is 1. The van der Waals surface area contributed by atoms with Gasteiger partial charge in [-0.2, -0.15) is 0 Å². The minimum Gasteiger partial charge on any atom is -0.478 e. The van der Waals surface area contributed by atoms with Crippen LogP contribution in [-0.4, -0.2) is 32.6 Å². The van der Waals surface area contributed by atoms with Crippen LogP contribution in [0.5, 0.6) is 0 Å². The highest BCUT2D eigenvalue weighted by Crippen LogP contribution is 2.17. The fourth-order valence-electron chi connectivity index (χ4n) is 2.27. The zero-order chi connectivity index (χ0) is 17.3. The number of carbonyl (C=O) groups is 3. The Kier molecular flexibility index (Phi) is 3.97. The predicted molar refractivity (Wildman–Crippen MR) is 89.6 cm³/mol. The van der Waals surface area contributed by atoms with E-state index in [2.05, 4.69) is 10.6 Å². The van der Waals surface area contributed by atoms with Crippen molar-refractivity contribution in [3.8, 4) is 5.69 Å². The number of carboxylic acids is 1. The zero-order valence-corrected chi connectivity index (χ0v) is 13.0. The molecule has 1 saturated heterocycles. The topological polar surface area (TPSA) is 100 Å². The van der Waals surface area contributed by atoms with Gasteiger partial charge >= 0.3 is 5.97 Å². The number of carbonyl (C=O) groups excluding carboxylic acids is 2. The average Bonchev–Trinajstić information content (AvgIpc) is 2.99. The summed E-state index contributed by atoms with van der Waals surface area (Å²) in [6.45, 7) is 0. The summed E-state index contributed by atoms with van der Waals surface area (Å²) in [4.78, 5) is 34.7. The molecule has 2 heterocycles. The number of hydrogen-bond donors (Lipinski definition) is 3. The molecular formula is C16H11N3O4S. The molecular weight excluding hydrogens is 330 g/mol. The van der Waals surface area contributed by atoms with E-state index in [-0.39, 0.29) is 16.2 Å². The number of nitrogens with zero attached hydrogens (tertiary/aromatic N) is 1. The van der Waals surface area contributed by atoms with E-state index in [0.29, 0.717) is 11.4 Å². The smallest absolute Gasteiger partial charge is 0.335 e. The molecule has 0 aliphatic carbocycles. The van der Waals surface area contributed by atoms with E-state index in [0.717, 1.165) is 0 Å². The van der Waals surface area contributed by atoms with Crippen LogP contribution < -0.4 is 10.6 Å². The predicted octanol–water partition coefficient (Wildman–Crippen LogP) is 1.09. The van der Waals surface area contributed by atoms with Gasteiger partial charge in [-0.3, -0.25) is 20.2 Å². The van der Waals surface area contributed by atoms with Gasteiger partial charge in [-0.15, -0.1) is 0 Å². The second-order valence-corrected chi connectivity index (χ2v) is 5.36. The summed E-state index contributed by atoms with van der Waals surface area (Å²) in [5.41, 5.74) is 1.39. The molecule has 0 saturated carbocycles. The first-order valence-electron chi connectivity index (χ1n) is 6.85. The minimum atomic E-state index is -1.01. The van der Waals surface area contributed by atoms with Gasteiger partial charge in [0.1, 0.15) is 5.57 Å². The molecule has 8 heteroatoms. The van der Waals surface area contributed by atoms with Gasteiger partial charge in [0.25, 0.3) is 11.8 Å². The van der Waals surface area contributed by atoms with Crippen molar-refractivity contribution in [1.29, 1.82) is 0 Å². The molecule has 0 unspecified atom stereocenters. The molecule has 2 aromatic rings. The van der Waals surface area contributed by atoms with E-state index >= 15 is 0 Å². The molecule has 3 rings (SSSR count). The fraction of sp³-hybridized carbons (Fsp3) is 0. The summed E-state index contributed by atoms with van der Waals surface area (Å²) >= 11 is 4.75. The number of aromatic nitrogens is 1. The van der Waals surface area contributed by atoms with Gasteiger partial charge in [-0.1, -0.05) is 0 Å². The highest BCUT2D eigenvalue weighted by molar-refractivity contribution is 7.80. The molecule has 2 amide bonds. The Morgan fingerprint density at radius 1 is 1.08 bits per heavy atom. The van der Waals surface area contributed by atoms with Crippen LogP contribution in [0.2, 0.25) is 0 Å². The third-order valence-corrected chi connectivity index (χ3v) is 3.61. The molecule has 1 fully saturated rings. The molecule has 1 aliphatic rings. The first-order valence-corrected chi connectivity index (χ1v) is 7.26. The molecule has 0 radical (unpaired) electrons. The normalized spacial score (nSPS) is 14.2. The molecule has 1 aromatic heterocycles. The van der Waals surface area contributed by atoms with Crippen LogP contribution in [-0.2, 0) is 9.59 Å². The molecule has 1 aliphatic heterocycles. The van der Waals surface area contributed by atoms with Crippen LogP contribution in [0.15, 0.2) is 48.2 Å². The van der Waals surface area contributed by atoms with Crippen LogP contribution in [0, 0.1) is 0 Å². The summed E-state index contributed by atoms with van der Waals surface area (Å²) in [5, 5.41) is 13.7. The number of benzene rings is 1. The Hall–Kier alpha value is -3.26. The summed E-state index contributed by atoms with van der Waals surface area (Å²) in [6, 6.07) is 9.72. The lowest BCUT2D eigenvalue weighted by Crippen LogP contribution is -2.51. The van der Waals surface area contributed by atoms with Crippen molar-refractivity contribution in [2.75, 3.05) is 0 Å². The lowest BCUT2D eigenvalue weighted by Gasteiger charge is -2.16. The van der Waals surface area contributed by atoms with Crippen molar-refractivity contribution in [2.45, 2.75) is 0 Å². The number of carboxylic acid groups (broad SMARTS) is 1. The number of nitrogens with one attached hydrogen (secondary N) is 2. The van der Waals surface area contributed by atoms with Crippen LogP contribution in [0.1, 0.15) is 16.1 Å². The van der Waals surface area contributed by atoms with Gasteiger partial charge in [-0.25, -0.2) is 4.79 Å². The largest absolute Gasteiger partial charge is 0.478 e. The lowest BCUT2D eigenvalue weighted by molar-refractivity contribution is -0.123. The molecule has 7 nitrogen and oxygen atoms in total. The van der Waals surface area contributed by atoms with E-state index in [4.69, 9.17) is 17.3 Å². The lowest BCUT2D eigenvalue weighted by atomic mass is 10.1. The fourth-order valence-corrected chi connectivity index (χ4v) is 2.45. The Morgan fingerprint density at radius 3 is 2.29 bits per heavy atom. The van der Waals surface area contributed by atoms with E-state index in [1.165, 1.54) is 18.2 Å². The molecule has 24 heavy (non-hydrogen) atoms. The molecule has 1 aromatic carbocycles. The van der Waals surface area contributed by atoms with Gasteiger partial charge < -0.3 is 9.67 Å². The third-order valence-electron chi connectivity index (χ3n) is 3.41. The van der Waals surface area contributed by atoms with Crippen LogP contribution >= 0.6 is 12.2 Å². The van der Waals surface area contributed by atoms with Crippen molar-refractivity contribution in [3.63, 3.8) is 0 Å². The Labute approximate surface area is 141 Å². The van der Waals surface area contributed by atoms with Gasteiger partial charge in [0.15, 0.2) is 5.11 Å². The second-order valence-electron chi connectivity index (χ2n) is 4.95. The number of hydrogen-bond acceptors (Lipinski definition) is 4. The second kappa shape index (κ2) is 6.09. The Bertz CT molecular complexity index is 874. The van der Waals surface area contributed by atoms with E-state index in [1.54, 1.807) is 35.0 Å². The maximum Gasteiger partial charge on any atom is 0.335 e. The van der Waals surface area contributed by atoms with E-state index in [1.807, 2.05) is 0 Å². The summed E-state index contributed by atoms with van der Waals surface area (Å²) in [6.07, 6.45) is 3.18. The van der Waals surface area contributed by atoms with Gasteiger partial charge in [-0.05, 0) is 54.7 Å². The van der Waals surface area contributed by atoms with Crippen LogP contribution in [0.3, 0.4) is 0 Å². The van der Waals surface area contributed by atoms with Crippen molar-refractivity contribution in [3.05, 3.63) is 59.4 Å². The maximum atomic E-state index is 11.9. The number of amides is 2. The highest BCUT2D eigenvalue weighted by atomic mass is 32.1. The molecule has 120 valence electrons. The standard InChI is InChI=1S/C16H11N3O4S/c20-13-12(14(21)18-16(24)17-13)8-11-2-1-7-19(11)10-5-3-9(4-6-10)15(22)23/h1-8H,(H,22,23)(H2,17,18,20,21,24).